The highest BCUT2D eigenvalue weighted by molar-refractivity contribution is 6.34. The van der Waals surface area contributed by atoms with Crippen molar-refractivity contribution in [2.75, 3.05) is 18.4 Å². The third kappa shape index (κ3) is 5.79. The number of amides is 4. The van der Waals surface area contributed by atoms with Crippen LogP contribution in [0.3, 0.4) is 0 Å². The molecule has 3 aromatic rings. The number of nitrogens with zero attached hydrogens (tertiary/aromatic N) is 5. The minimum absolute atomic E-state index is 0.0467. The lowest BCUT2D eigenvalue weighted by molar-refractivity contribution is -0.141. The van der Waals surface area contributed by atoms with Gasteiger partial charge in [-0.1, -0.05) is 11.6 Å². The lowest BCUT2D eigenvalue weighted by Crippen LogP contribution is -2.54. The average Bonchev–Trinajstić information content (AvgIpc) is 3.48. The molecule has 4 fully saturated rings. The monoisotopic (exact) mass is 681 g/mol. The molecule has 18 heteroatoms. The Labute approximate surface area is 268 Å². The van der Waals surface area contributed by atoms with Crippen molar-refractivity contribution in [2.24, 2.45) is 24.6 Å². The molecule has 2 aromatic heterocycles. The molecule has 4 amide bonds. The molecule has 3 unspecified atom stereocenters. The topological polar surface area (TPSA) is 152 Å². The fraction of sp³-hybridized carbons (Fsp3) is 0.483. The number of imidazole rings is 1. The molecule has 0 bridgehead atoms. The third-order valence-electron chi connectivity index (χ3n) is 9.33. The van der Waals surface area contributed by atoms with Gasteiger partial charge in [-0.2, -0.15) is 18.3 Å². The van der Waals surface area contributed by atoms with Gasteiger partial charge in [-0.15, -0.1) is 0 Å². The second kappa shape index (κ2) is 10.9. The fourth-order valence-corrected chi connectivity index (χ4v) is 6.72. The van der Waals surface area contributed by atoms with Crippen molar-refractivity contribution in [1.29, 1.82) is 0 Å². The second-order valence-corrected chi connectivity index (χ2v) is 13.0. The van der Waals surface area contributed by atoms with Gasteiger partial charge in [0.25, 0.3) is 17.7 Å². The van der Waals surface area contributed by atoms with E-state index in [1.54, 1.807) is 4.90 Å². The summed E-state index contributed by atoms with van der Waals surface area (Å²) >= 11 is 6.38. The first kappa shape index (κ1) is 31.4. The van der Waals surface area contributed by atoms with Gasteiger partial charge in [-0.3, -0.25) is 14.3 Å². The SMILES string of the molecule is Cn1c(-c2cn(C3CC3(F)F)nc2C(F)(F)F)cnc1C(=O)Nc1ccc(C(=O)NC2C3CN(C(=O)N[C@H]4C[C@@H](N)C4)CC32)c(Cl)c1. The summed E-state index contributed by atoms with van der Waals surface area (Å²) in [5.41, 5.74) is 4.11. The number of hydrogen-bond donors (Lipinski definition) is 4. The predicted octanol–water partition coefficient (Wildman–Crippen LogP) is 3.65. The number of piperidine rings is 1. The molecule has 3 heterocycles. The van der Waals surface area contributed by atoms with Crippen LogP contribution in [-0.4, -0.2) is 79.2 Å². The van der Waals surface area contributed by atoms with E-state index in [1.165, 1.54) is 25.2 Å². The summed E-state index contributed by atoms with van der Waals surface area (Å²) in [5.74, 6) is -4.33. The Morgan fingerprint density at radius 2 is 1.77 bits per heavy atom. The lowest BCUT2D eigenvalue weighted by Gasteiger charge is -2.34. The fourth-order valence-electron chi connectivity index (χ4n) is 6.45. The number of fused-ring (bicyclic) bond motifs is 1. The van der Waals surface area contributed by atoms with Crippen LogP contribution in [0.1, 0.15) is 52.0 Å². The van der Waals surface area contributed by atoms with Gasteiger partial charge in [0.15, 0.2) is 11.5 Å². The van der Waals surface area contributed by atoms with E-state index < -0.39 is 47.6 Å². The molecule has 3 aliphatic carbocycles. The highest BCUT2D eigenvalue weighted by Crippen LogP contribution is 2.53. The van der Waals surface area contributed by atoms with Crippen LogP contribution in [0.15, 0.2) is 30.6 Å². The third-order valence-corrected chi connectivity index (χ3v) is 9.65. The molecule has 5 N–H and O–H groups in total. The van der Waals surface area contributed by atoms with E-state index in [0.717, 1.165) is 29.8 Å². The Kier molecular flexibility index (Phi) is 7.27. The Balaban J connectivity index is 0.971. The number of carbonyl (C=O) groups excluding carboxylic acids is 3. The predicted molar refractivity (Wildman–Crippen MR) is 157 cm³/mol. The number of likely N-dealkylation sites (tertiary alicyclic amines) is 1. The molecule has 3 saturated carbocycles. The van der Waals surface area contributed by atoms with E-state index in [1.807, 2.05) is 0 Å². The number of nitrogens with one attached hydrogen (secondary N) is 3. The number of benzene rings is 1. The molecule has 1 aliphatic heterocycles. The first-order valence-electron chi connectivity index (χ1n) is 14.9. The van der Waals surface area contributed by atoms with Crippen molar-refractivity contribution < 1.29 is 36.3 Å². The van der Waals surface area contributed by atoms with Crippen molar-refractivity contribution >= 4 is 35.1 Å². The molecule has 0 radical (unpaired) electrons. The average molecular weight is 682 g/mol. The number of aromatic nitrogens is 4. The number of hydrogen-bond acceptors (Lipinski definition) is 6. The molecule has 3 atom stereocenters. The Bertz CT molecular complexity index is 1770. The highest BCUT2D eigenvalue weighted by atomic mass is 35.5. The van der Waals surface area contributed by atoms with Crippen LogP contribution in [-0.2, 0) is 13.2 Å². The van der Waals surface area contributed by atoms with Gasteiger partial charge in [0, 0.05) is 68.4 Å². The maximum Gasteiger partial charge on any atom is 0.435 e. The summed E-state index contributed by atoms with van der Waals surface area (Å²) in [5, 5.41) is 11.9. The van der Waals surface area contributed by atoms with Crippen LogP contribution in [0, 0.1) is 11.8 Å². The highest BCUT2D eigenvalue weighted by Gasteiger charge is 2.60. The minimum Gasteiger partial charge on any atom is -0.349 e. The maximum absolute atomic E-state index is 13.7. The standard InChI is InChI=1S/C29H29ClF5N9O3/c1-42-20(18-11-44(21-7-28(21,31)32)41-23(18)29(33,34)35)8-37-24(42)26(46)38-13-2-3-15(19(30)6-13)25(45)40-22-16-9-43(10-17(16)22)27(47)39-14-4-12(36)5-14/h2-3,6,8,11-12,14,16-17,21-22H,4-5,7,9-10,36H2,1H3,(H,38,46)(H,39,47)(H,40,45)/t12-,14+,16?,17?,21?,22?. The van der Waals surface area contributed by atoms with Crippen LogP contribution >= 0.6 is 11.6 Å². The Hall–Kier alpha value is -4.25. The molecule has 4 aliphatic rings. The van der Waals surface area contributed by atoms with E-state index in [2.05, 4.69) is 26.0 Å². The Morgan fingerprint density at radius 1 is 1.09 bits per heavy atom. The smallest absolute Gasteiger partial charge is 0.349 e. The van der Waals surface area contributed by atoms with Crippen LogP contribution < -0.4 is 21.7 Å². The van der Waals surface area contributed by atoms with Gasteiger partial charge in [-0.25, -0.2) is 18.6 Å². The summed E-state index contributed by atoms with van der Waals surface area (Å²) < 4.78 is 70.0. The van der Waals surface area contributed by atoms with Crippen LogP contribution in [0.2, 0.25) is 5.02 Å². The summed E-state index contributed by atoms with van der Waals surface area (Å²) in [6.07, 6.45) is -2.12. The summed E-state index contributed by atoms with van der Waals surface area (Å²) in [6.45, 7) is 1.06. The van der Waals surface area contributed by atoms with Gasteiger partial charge < -0.3 is 31.2 Å². The first-order valence-corrected chi connectivity index (χ1v) is 15.3. The van der Waals surface area contributed by atoms with Crippen LogP contribution in [0.5, 0.6) is 0 Å². The zero-order valence-electron chi connectivity index (χ0n) is 24.7. The second-order valence-electron chi connectivity index (χ2n) is 12.6. The molecule has 47 heavy (non-hydrogen) atoms. The van der Waals surface area contributed by atoms with Gasteiger partial charge in [0.2, 0.25) is 0 Å². The molecule has 250 valence electrons. The number of urea groups is 1. The molecular weight excluding hydrogens is 653 g/mol. The van der Waals surface area contributed by atoms with Crippen LogP contribution in [0.25, 0.3) is 11.3 Å². The number of anilines is 1. The number of carbonyl (C=O) groups is 3. The number of rotatable bonds is 7. The largest absolute Gasteiger partial charge is 0.435 e. The molecule has 1 saturated heterocycles. The van der Waals surface area contributed by atoms with Crippen molar-refractivity contribution in [3.05, 3.63) is 52.7 Å². The van der Waals surface area contributed by atoms with E-state index in [4.69, 9.17) is 17.3 Å². The van der Waals surface area contributed by atoms with Crippen molar-refractivity contribution in [3.63, 3.8) is 0 Å². The van der Waals surface area contributed by atoms with Crippen molar-refractivity contribution in [3.8, 4) is 11.3 Å². The maximum atomic E-state index is 13.7. The van der Waals surface area contributed by atoms with E-state index >= 15 is 0 Å². The normalized spacial score (nSPS) is 27.1. The number of alkyl halides is 5. The zero-order chi connectivity index (χ0) is 33.6. The minimum atomic E-state index is -4.94. The lowest BCUT2D eigenvalue weighted by atomic mass is 9.88. The molecular formula is C29H29ClF5N9O3. The zero-order valence-corrected chi connectivity index (χ0v) is 25.4. The van der Waals surface area contributed by atoms with Crippen LogP contribution in [0.4, 0.5) is 32.4 Å². The van der Waals surface area contributed by atoms with Crippen molar-refractivity contribution in [1.82, 2.24) is 34.9 Å². The van der Waals surface area contributed by atoms with Gasteiger partial charge in [-0.05, 0) is 31.0 Å². The Morgan fingerprint density at radius 3 is 2.36 bits per heavy atom. The quantitative estimate of drug-likeness (QED) is 0.280. The summed E-state index contributed by atoms with van der Waals surface area (Å²) in [7, 11) is 1.31. The molecule has 0 spiro atoms. The van der Waals surface area contributed by atoms with Gasteiger partial charge >= 0.3 is 12.2 Å². The first-order chi connectivity index (χ1) is 22.1. The molecule has 7 rings (SSSR count). The van der Waals surface area contributed by atoms with Crippen molar-refractivity contribution in [2.45, 2.75) is 55.5 Å². The number of halogens is 6. The molecule has 1 aromatic carbocycles. The van der Waals surface area contributed by atoms with E-state index in [0.29, 0.717) is 17.8 Å². The van der Waals surface area contributed by atoms with E-state index in [9.17, 15) is 36.3 Å². The van der Waals surface area contributed by atoms with E-state index in [-0.39, 0.29) is 63.8 Å². The summed E-state index contributed by atoms with van der Waals surface area (Å²) in [6, 6.07) is 2.77. The van der Waals surface area contributed by atoms with Gasteiger partial charge in [0.05, 0.1) is 28.0 Å². The number of nitrogens with two attached hydrogens (primary N) is 1. The summed E-state index contributed by atoms with van der Waals surface area (Å²) in [4.78, 5) is 44.2. The van der Waals surface area contributed by atoms with Gasteiger partial charge in [0.1, 0.15) is 6.04 Å². The molecule has 12 nitrogen and oxygen atoms in total.